The van der Waals surface area contributed by atoms with E-state index in [0.29, 0.717) is 0 Å². The van der Waals surface area contributed by atoms with Crippen LogP contribution in [-0.2, 0) is 0 Å². The predicted molar refractivity (Wildman–Crippen MR) is 19.7 cm³/mol. The zero-order chi connectivity index (χ0) is 7.21. The average molecular weight is 249 g/mol. The van der Waals surface area contributed by atoms with Crippen LogP contribution in [-0.4, -0.2) is 25.8 Å². The third kappa shape index (κ3) is 282. The molecule has 0 atom stereocenters. The molecule has 0 unspecified atom stereocenters. The maximum Gasteiger partial charge on any atom is 0.0777 e. The van der Waals surface area contributed by atoms with Crippen molar-refractivity contribution in [3.05, 3.63) is 0 Å². The van der Waals surface area contributed by atoms with Crippen molar-refractivity contribution < 1.29 is 28.9 Å². The van der Waals surface area contributed by atoms with Gasteiger partial charge in [-0.1, -0.05) is 0 Å². The zero-order valence-electron chi connectivity index (χ0n) is 4.55. The minimum atomic E-state index is -4.69. The summed E-state index contributed by atoms with van der Waals surface area (Å²) in [5, 5.41) is 0. The number of hydrogen-bond donors (Lipinski definition) is 1. The summed E-state index contributed by atoms with van der Waals surface area (Å²) in [6.07, 6.45) is 0. The first-order valence-electron chi connectivity index (χ1n) is 1.63. The summed E-state index contributed by atoms with van der Waals surface area (Å²) in [5.41, 5.74) is 0. The normalized spacial score (nSPS) is 9.75. The molecule has 0 aliphatic rings. The number of hydrogen-bond acceptors (Lipinski definition) is 4. The van der Waals surface area contributed by atoms with Crippen molar-refractivity contribution in [3.8, 4) is 0 Å². The van der Waals surface area contributed by atoms with Crippen LogP contribution in [0.2, 0.25) is 9.88 Å². The Hall–Kier alpha value is 0.929. The molecule has 50 valence electrons. The second-order valence-corrected chi connectivity index (χ2v) is 4.54. The minimum Gasteiger partial charge on any atom is -0.183 e. The fourth-order valence-electron chi connectivity index (χ4n) is 0. The molecule has 0 fully saturated rings. The maximum absolute atomic E-state index is 8.60. The Kier molecular flexibility index (Phi) is 8.85. The van der Waals surface area contributed by atoms with Crippen LogP contribution >= 0.6 is 0 Å². The Labute approximate surface area is 60.1 Å². The van der Waals surface area contributed by atoms with E-state index in [4.69, 9.17) is 18.6 Å². The van der Waals surface area contributed by atoms with Crippen LogP contribution < -0.4 is 14.0 Å². The van der Waals surface area contributed by atoms with Crippen molar-refractivity contribution in [3.63, 3.8) is 0 Å². The largest absolute Gasteiger partial charge is 0.183 e. The number of halogens is 1. The molecule has 0 rings (SSSR count). The van der Waals surface area contributed by atoms with E-state index in [1.807, 2.05) is 0 Å². The van der Waals surface area contributed by atoms with Crippen LogP contribution in [0.1, 0.15) is 0 Å². The van der Waals surface area contributed by atoms with E-state index in [1.165, 1.54) is 0 Å². The Morgan fingerprint density at radius 1 is 1.25 bits per heavy atom. The van der Waals surface area contributed by atoms with Gasteiger partial charge in [0.05, 0.1) is 14.9 Å². The molecule has 0 bridgehead atoms. The zero-order valence-corrected chi connectivity index (χ0v) is 8.16. The summed E-state index contributed by atoms with van der Waals surface area (Å²) in [6, 6.07) is 0. The Morgan fingerprint density at radius 3 is 1.25 bits per heavy atom. The summed E-state index contributed by atoms with van der Waals surface area (Å²) < 4.78 is 32.7. The van der Waals surface area contributed by atoms with Crippen LogP contribution in [0.3, 0.4) is 0 Å². The third-order valence-electron chi connectivity index (χ3n) is 0. The molecule has 0 aliphatic heterocycles. The van der Waals surface area contributed by atoms with Gasteiger partial charge < -0.3 is 0 Å². The molecule has 2 radical (unpaired) electrons. The second kappa shape index (κ2) is 6.05. The Morgan fingerprint density at radius 2 is 1.25 bits per heavy atom. The van der Waals surface area contributed by atoms with Gasteiger partial charge in [0.25, 0.3) is 0 Å². The van der Waals surface area contributed by atoms with E-state index < -0.39 is 10.2 Å². The molecule has 0 aromatic rings. The fraction of sp³-hybridized carbons (Fsp3) is 1.00. The molecular formula is C2H7ClO4Sn. The fourth-order valence-corrected chi connectivity index (χ4v) is 0. The standard InChI is InChI=1S/2CH3.ClHO4.Sn/c;;2-1(3,4)5;/h2*1H3;(H,2,3,4,5);. The molecule has 8 heavy (non-hydrogen) atoms. The van der Waals surface area contributed by atoms with E-state index in [9.17, 15) is 0 Å². The van der Waals surface area contributed by atoms with Gasteiger partial charge in [0.2, 0.25) is 0 Å². The van der Waals surface area contributed by atoms with E-state index in [1.54, 1.807) is 0 Å². The van der Waals surface area contributed by atoms with Crippen LogP contribution in [0.5, 0.6) is 0 Å². The molecule has 0 aromatic heterocycles. The summed E-state index contributed by atoms with van der Waals surface area (Å²) in [6.45, 7) is 0. The maximum atomic E-state index is 8.60. The molecule has 0 saturated heterocycles. The summed E-state index contributed by atoms with van der Waals surface area (Å²) in [7, 11) is -4.69. The summed E-state index contributed by atoms with van der Waals surface area (Å²) >= 11 is 0.230. The smallest absolute Gasteiger partial charge is 0.0777 e. The van der Waals surface area contributed by atoms with Gasteiger partial charge >= 0.3 is 31.0 Å². The quantitative estimate of drug-likeness (QED) is 0.455. The minimum absolute atomic E-state index is 0.230. The summed E-state index contributed by atoms with van der Waals surface area (Å²) in [4.78, 5) is 4.59. The molecule has 6 heteroatoms. The Bertz CT molecular complexity index is 37.8. The van der Waals surface area contributed by atoms with Crippen molar-refractivity contribution >= 4 is 21.1 Å². The van der Waals surface area contributed by atoms with Crippen molar-refractivity contribution in [2.45, 2.75) is 9.88 Å². The molecule has 0 saturated carbocycles. The van der Waals surface area contributed by atoms with Gasteiger partial charge in [-0.25, -0.2) is 0 Å². The first-order valence-corrected chi connectivity index (χ1v) is 8.60. The van der Waals surface area contributed by atoms with Crippen molar-refractivity contribution in [2.75, 3.05) is 0 Å². The van der Waals surface area contributed by atoms with Crippen molar-refractivity contribution in [2.24, 2.45) is 0 Å². The first-order chi connectivity index (χ1) is 3.41. The van der Waals surface area contributed by atoms with Gasteiger partial charge in [0.15, 0.2) is 0 Å². The van der Waals surface area contributed by atoms with Crippen LogP contribution in [0.25, 0.3) is 0 Å². The van der Waals surface area contributed by atoms with Gasteiger partial charge in [-0.3, -0.25) is 0 Å². The van der Waals surface area contributed by atoms with Crippen LogP contribution in [0, 0.1) is 10.2 Å². The molecule has 0 heterocycles. The molecule has 0 amide bonds. The van der Waals surface area contributed by atoms with Crippen LogP contribution in [0.15, 0.2) is 0 Å². The second-order valence-electron chi connectivity index (χ2n) is 0.896. The first kappa shape index (κ1) is 11.7. The van der Waals surface area contributed by atoms with E-state index in [-0.39, 0.29) is 21.1 Å². The van der Waals surface area contributed by atoms with Gasteiger partial charge in [-0.05, 0) is 0 Å². The van der Waals surface area contributed by atoms with E-state index >= 15 is 0 Å². The molecule has 4 nitrogen and oxygen atoms in total. The molecule has 0 aromatic carbocycles. The van der Waals surface area contributed by atoms with E-state index in [2.05, 4.69) is 9.88 Å². The summed E-state index contributed by atoms with van der Waals surface area (Å²) in [5.74, 6) is 0. The van der Waals surface area contributed by atoms with Gasteiger partial charge in [-0.2, -0.15) is 14.0 Å². The molecule has 0 aliphatic carbocycles. The van der Waals surface area contributed by atoms with Crippen molar-refractivity contribution in [1.82, 2.24) is 0 Å². The average Bonchev–Trinajstić information content (AvgIpc) is 1.27. The SMILES string of the molecule is [CH3][Sn][CH3].[O-][Cl+3]([O-])([O-])O. The third-order valence-corrected chi connectivity index (χ3v) is 0. The van der Waals surface area contributed by atoms with Crippen LogP contribution in [0.4, 0.5) is 0 Å². The topological polar surface area (TPSA) is 89.4 Å². The molecule has 0 spiro atoms. The van der Waals surface area contributed by atoms with Gasteiger partial charge in [0.1, 0.15) is 0 Å². The van der Waals surface area contributed by atoms with Gasteiger partial charge in [-0.15, -0.1) is 0 Å². The van der Waals surface area contributed by atoms with E-state index in [0.717, 1.165) is 0 Å². The molecule has 1 N–H and O–H groups in total. The molecular weight excluding hydrogens is 242 g/mol. The van der Waals surface area contributed by atoms with Crippen molar-refractivity contribution in [1.29, 1.82) is 0 Å². The monoisotopic (exact) mass is 250 g/mol. The number of rotatable bonds is 0. The van der Waals surface area contributed by atoms with Gasteiger partial charge in [0, 0.05) is 0 Å². The Balaban J connectivity index is 0. The predicted octanol–water partition coefficient (Wildman–Crippen LogP) is -3.34.